The summed E-state index contributed by atoms with van der Waals surface area (Å²) in [5, 5.41) is 5.17. The summed E-state index contributed by atoms with van der Waals surface area (Å²) in [7, 11) is 0. The van der Waals surface area contributed by atoms with E-state index in [1.165, 1.54) is 51.5 Å². The van der Waals surface area contributed by atoms with Crippen LogP contribution in [0.3, 0.4) is 0 Å². The van der Waals surface area contributed by atoms with Gasteiger partial charge in [0.15, 0.2) is 17.5 Å². The lowest BCUT2D eigenvalue weighted by Crippen LogP contribution is -1.99. The van der Waals surface area contributed by atoms with Crippen LogP contribution in [0.2, 0.25) is 0 Å². The summed E-state index contributed by atoms with van der Waals surface area (Å²) in [6.07, 6.45) is 0. The van der Waals surface area contributed by atoms with Crippen LogP contribution in [0.25, 0.3) is 85.6 Å². The number of hydrogen-bond acceptors (Lipinski definition) is 5. The molecular formula is C39H23N3S2. The molecule has 3 aromatic heterocycles. The molecule has 0 saturated carbocycles. The van der Waals surface area contributed by atoms with Gasteiger partial charge in [-0.25, -0.2) is 15.0 Å². The van der Waals surface area contributed by atoms with Crippen LogP contribution in [-0.2, 0) is 0 Å². The van der Waals surface area contributed by atoms with Crippen LogP contribution in [-0.4, -0.2) is 15.0 Å². The molecule has 0 amide bonds. The molecule has 0 fully saturated rings. The molecule has 44 heavy (non-hydrogen) atoms. The highest BCUT2D eigenvalue weighted by Crippen LogP contribution is 2.40. The molecule has 0 unspecified atom stereocenters. The van der Waals surface area contributed by atoms with Gasteiger partial charge in [-0.15, -0.1) is 22.7 Å². The first kappa shape index (κ1) is 25.3. The molecule has 3 heterocycles. The number of thiophene rings is 2. The van der Waals surface area contributed by atoms with Crippen molar-refractivity contribution in [3.63, 3.8) is 0 Å². The topological polar surface area (TPSA) is 38.7 Å². The van der Waals surface area contributed by atoms with Gasteiger partial charge in [0.05, 0.1) is 0 Å². The van der Waals surface area contributed by atoms with Crippen LogP contribution in [0.5, 0.6) is 0 Å². The molecule has 0 aliphatic carbocycles. The van der Waals surface area contributed by atoms with Gasteiger partial charge in [0, 0.05) is 57.0 Å². The molecule has 0 saturated heterocycles. The van der Waals surface area contributed by atoms with Gasteiger partial charge in [0.25, 0.3) is 0 Å². The summed E-state index contributed by atoms with van der Waals surface area (Å²) in [5.74, 6) is 2.02. The van der Waals surface area contributed by atoms with Crippen molar-refractivity contribution in [1.29, 1.82) is 0 Å². The maximum absolute atomic E-state index is 4.94. The van der Waals surface area contributed by atoms with Crippen LogP contribution in [0, 0.1) is 0 Å². The van der Waals surface area contributed by atoms with Crippen molar-refractivity contribution in [1.82, 2.24) is 15.0 Å². The summed E-state index contributed by atoms with van der Waals surface area (Å²) < 4.78 is 5.15. The largest absolute Gasteiger partial charge is 0.208 e. The summed E-state index contributed by atoms with van der Waals surface area (Å²) in [4.78, 5) is 14.7. The van der Waals surface area contributed by atoms with Crippen LogP contribution in [0.4, 0.5) is 0 Å². The zero-order valence-electron chi connectivity index (χ0n) is 23.4. The predicted molar refractivity (Wildman–Crippen MR) is 187 cm³/mol. The number of hydrogen-bond donors (Lipinski definition) is 0. The van der Waals surface area contributed by atoms with Gasteiger partial charge in [-0.2, -0.15) is 0 Å². The number of nitrogens with zero attached hydrogens (tertiary/aromatic N) is 3. The molecule has 0 bridgehead atoms. The molecule has 6 aromatic carbocycles. The Morgan fingerprint density at radius 3 is 1.36 bits per heavy atom. The average Bonchev–Trinajstić information content (AvgIpc) is 3.66. The highest BCUT2D eigenvalue weighted by molar-refractivity contribution is 7.26. The molecular weight excluding hydrogens is 575 g/mol. The second kappa shape index (κ2) is 10.2. The Balaban J connectivity index is 1.15. The normalized spacial score (nSPS) is 11.6. The second-order valence-electron chi connectivity index (χ2n) is 10.9. The summed E-state index contributed by atoms with van der Waals surface area (Å²) >= 11 is 3.67. The van der Waals surface area contributed by atoms with E-state index >= 15 is 0 Å². The molecule has 0 aliphatic heterocycles. The lowest BCUT2D eigenvalue weighted by atomic mass is 10.0. The molecule has 5 heteroatoms. The standard InChI is InChI=1S/C39H23N3S2/c1-3-9-24(10-4-1)37-40-38(25-11-5-2-6-12-25)42-39(41-37)28-15-18-30-32-22-27(17-20-35(32)44-36(30)23-28)26-16-19-34-31(21-26)29-13-7-8-14-33(29)43-34/h1-23H. The van der Waals surface area contributed by atoms with E-state index in [-0.39, 0.29) is 0 Å². The Labute approximate surface area is 261 Å². The average molecular weight is 598 g/mol. The van der Waals surface area contributed by atoms with Gasteiger partial charge < -0.3 is 0 Å². The summed E-state index contributed by atoms with van der Waals surface area (Å²) in [6.45, 7) is 0. The van der Waals surface area contributed by atoms with Crippen molar-refractivity contribution in [2.75, 3.05) is 0 Å². The SMILES string of the molecule is c1ccc(-c2nc(-c3ccccc3)nc(-c3ccc4c(c3)sc3ccc(-c5ccc6sc7ccccc7c6c5)cc34)n2)cc1. The maximum atomic E-state index is 4.94. The van der Waals surface area contributed by atoms with Crippen LogP contribution >= 0.6 is 22.7 Å². The molecule has 9 rings (SSSR count). The van der Waals surface area contributed by atoms with E-state index in [1.54, 1.807) is 0 Å². The number of aromatic nitrogens is 3. The highest BCUT2D eigenvalue weighted by atomic mass is 32.1. The van der Waals surface area contributed by atoms with Gasteiger partial charge in [-0.1, -0.05) is 103 Å². The number of benzene rings is 6. The van der Waals surface area contributed by atoms with Gasteiger partial charge >= 0.3 is 0 Å². The van der Waals surface area contributed by atoms with E-state index in [0.29, 0.717) is 17.5 Å². The fraction of sp³-hybridized carbons (Fsp3) is 0. The second-order valence-corrected chi connectivity index (χ2v) is 13.0. The zero-order valence-corrected chi connectivity index (χ0v) is 25.1. The lowest BCUT2D eigenvalue weighted by molar-refractivity contribution is 1.07. The summed E-state index contributed by atoms with van der Waals surface area (Å²) in [6, 6.07) is 49.2. The third-order valence-electron chi connectivity index (χ3n) is 8.14. The van der Waals surface area contributed by atoms with Gasteiger partial charge in [-0.05, 0) is 47.5 Å². The Kier molecular flexibility index (Phi) is 5.86. The van der Waals surface area contributed by atoms with E-state index in [1.807, 2.05) is 83.3 Å². The summed E-state index contributed by atoms with van der Waals surface area (Å²) in [5.41, 5.74) is 5.40. The molecule has 206 valence electrons. The molecule has 0 spiro atoms. The monoisotopic (exact) mass is 597 g/mol. The van der Waals surface area contributed by atoms with E-state index in [0.717, 1.165) is 16.7 Å². The van der Waals surface area contributed by atoms with Crippen molar-refractivity contribution in [2.24, 2.45) is 0 Å². The molecule has 0 N–H and O–H groups in total. The molecule has 0 radical (unpaired) electrons. The fourth-order valence-corrected chi connectivity index (χ4v) is 8.15. The van der Waals surface area contributed by atoms with E-state index in [4.69, 9.17) is 15.0 Å². The maximum Gasteiger partial charge on any atom is 0.164 e. The minimum atomic E-state index is 0.672. The Bertz CT molecular complexity index is 2440. The van der Waals surface area contributed by atoms with Crippen molar-refractivity contribution < 1.29 is 0 Å². The molecule has 0 aliphatic rings. The Morgan fingerprint density at radius 2 is 0.750 bits per heavy atom. The Morgan fingerprint density at radius 1 is 0.295 bits per heavy atom. The first-order chi connectivity index (χ1) is 21.8. The first-order valence-corrected chi connectivity index (χ1v) is 16.2. The van der Waals surface area contributed by atoms with Gasteiger partial charge in [0.1, 0.15) is 0 Å². The van der Waals surface area contributed by atoms with Crippen LogP contribution in [0.1, 0.15) is 0 Å². The van der Waals surface area contributed by atoms with Crippen LogP contribution in [0.15, 0.2) is 140 Å². The fourth-order valence-electron chi connectivity index (χ4n) is 5.94. The van der Waals surface area contributed by atoms with Crippen LogP contribution < -0.4 is 0 Å². The minimum absolute atomic E-state index is 0.672. The predicted octanol–water partition coefficient (Wildman–Crippen LogP) is 11.3. The van der Waals surface area contributed by atoms with Crippen molar-refractivity contribution >= 4 is 63.0 Å². The quantitative estimate of drug-likeness (QED) is 0.203. The van der Waals surface area contributed by atoms with Crippen molar-refractivity contribution in [3.05, 3.63) is 140 Å². The third-order valence-corrected chi connectivity index (χ3v) is 10.4. The van der Waals surface area contributed by atoms with Gasteiger partial charge in [-0.3, -0.25) is 0 Å². The Hall–Kier alpha value is -5.23. The number of rotatable bonds is 4. The first-order valence-electron chi connectivity index (χ1n) is 14.5. The zero-order chi connectivity index (χ0) is 29.0. The molecule has 0 atom stereocenters. The van der Waals surface area contributed by atoms with Gasteiger partial charge in [0.2, 0.25) is 0 Å². The smallest absolute Gasteiger partial charge is 0.164 e. The molecule has 9 aromatic rings. The van der Waals surface area contributed by atoms with E-state index in [2.05, 4.69) is 78.9 Å². The third kappa shape index (κ3) is 4.29. The molecule has 3 nitrogen and oxygen atoms in total. The van der Waals surface area contributed by atoms with E-state index in [9.17, 15) is 0 Å². The van der Waals surface area contributed by atoms with E-state index < -0.39 is 0 Å². The number of fused-ring (bicyclic) bond motifs is 6. The minimum Gasteiger partial charge on any atom is -0.208 e. The highest BCUT2D eigenvalue weighted by Gasteiger charge is 2.15. The van der Waals surface area contributed by atoms with Crippen molar-refractivity contribution in [3.8, 4) is 45.3 Å². The van der Waals surface area contributed by atoms with Crippen molar-refractivity contribution in [2.45, 2.75) is 0 Å². The lowest BCUT2D eigenvalue weighted by Gasteiger charge is -2.08.